The first-order valence-corrected chi connectivity index (χ1v) is 24.0. The highest BCUT2D eigenvalue weighted by atomic mass is 31.2. The van der Waals surface area contributed by atoms with E-state index in [2.05, 4.69) is 114 Å². The Morgan fingerprint density at radius 3 is 2.05 bits per heavy atom. The van der Waals surface area contributed by atoms with Crippen molar-refractivity contribution in [1.29, 1.82) is 0 Å². The Bertz CT molecular complexity index is 1860. The molecule has 2 aromatic carbocycles. The second-order valence-corrected chi connectivity index (χ2v) is 23.8. The molecule has 0 radical (unpaired) electrons. The number of carbonyl (C=O) groups is 2. The monoisotopic (exact) mass is 775 g/mol. The van der Waals surface area contributed by atoms with Crippen molar-refractivity contribution in [3.05, 3.63) is 96.4 Å². The summed E-state index contributed by atoms with van der Waals surface area (Å²) in [5.41, 5.74) is 1.28. The third kappa shape index (κ3) is 5.75. The molecule has 2 aromatic rings. The number of hydrogen-bond acceptors (Lipinski definition) is 4. The van der Waals surface area contributed by atoms with Gasteiger partial charge in [-0.3, -0.25) is 9.59 Å². The maximum atomic E-state index is 14.4. The molecule has 5 heteroatoms. The van der Waals surface area contributed by atoms with E-state index >= 15 is 0 Å². The first-order valence-electron chi connectivity index (χ1n) is 22.0. The molecule has 10 atom stereocenters. The SMILES string of the molecule is C=C(C[P+](C1=CCCC=C1)(c1ccccc1)c1ccccc1)C1CCC2(C(=O)OC)CC[C@]3(C)C(CCC4C5(C)CCC(OC(C)=O)C(C)(C)C5CCC43C)C12. The lowest BCUT2D eigenvalue weighted by molar-refractivity contribution is -0.250. The maximum Gasteiger partial charge on any atom is 0.312 e. The summed E-state index contributed by atoms with van der Waals surface area (Å²) in [6, 6.07) is 22.6. The second-order valence-electron chi connectivity index (χ2n) is 20.4. The summed E-state index contributed by atoms with van der Waals surface area (Å²) in [5, 5.41) is 4.30. The van der Waals surface area contributed by atoms with Crippen LogP contribution in [-0.4, -0.2) is 31.3 Å². The average molecular weight is 776 g/mol. The largest absolute Gasteiger partial charge is 0.469 e. The van der Waals surface area contributed by atoms with Crippen LogP contribution < -0.4 is 10.6 Å². The van der Waals surface area contributed by atoms with Gasteiger partial charge >= 0.3 is 11.9 Å². The van der Waals surface area contributed by atoms with Gasteiger partial charge in [-0.15, -0.1) is 0 Å². The molecule has 0 aliphatic heterocycles. The smallest absolute Gasteiger partial charge is 0.312 e. The standard InChI is InChI=1S/C51H68O4P/c1-35(34-56(37-18-12-9-13-19-37,38-20-14-10-15-21-38)39-22-16-11-17-23-39)40-26-31-51(46(53)54-8)33-32-49(6)41(45(40)51)24-25-43-48(5)29-28-44(55-36(2)52)47(3,4)42(48)27-30-50(43,49)7/h9-10,12-16,18-23,40-45H,1,11,17,24-34H2,2-8H3/q+1/t40?,41?,42?,43?,44?,45?,48?,49-,50?,51?/m1/s1. The number of rotatable bonds is 8. The molecule has 0 aromatic heterocycles. The van der Waals surface area contributed by atoms with E-state index in [0.29, 0.717) is 17.8 Å². The van der Waals surface area contributed by atoms with Crippen LogP contribution in [0.3, 0.4) is 0 Å². The van der Waals surface area contributed by atoms with Gasteiger partial charge in [-0.1, -0.05) is 83.7 Å². The van der Waals surface area contributed by atoms with Crippen molar-refractivity contribution in [1.82, 2.24) is 0 Å². The van der Waals surface area contributed by atoms with Gasteiger partial charge in [0.1, 0.15) is 29.3 Å². The molecule has 300 valence electrons. The van der Waals surface area contributed by atoms with E-state index in [1.807, 2.05) is 0 Å². The number of hydrogen-bond donors (Lipinski definition) is 0. The van der Waals surface area contributed by atoms with Gasteiger partial charge in [0.25, 0.3) is 0 Å². The Morgan fingerprint density at radius 1 is 0.768 bits per heavy atom. The Morgan fingerprint density at radius 2 is 1.45 bits per heavy atom. The van der Waals surface area contributed by atoms with Gasteiger partial charge in [-0.05, 0) is 165 Å². The van der Waals surface area contributed by atoms with Gasteiger partial charge in [0, 0.05) is 12.3 Å². The van der Waals surface area contributed by atoms with Gasteiger partial charge < -0.3 is 9.47 Å². The fourth-order valence-electron chi connectivity index (χ4n) is 15.4. The Labute approximate surface area is 338 Å². The molecule has 9 unspecified atom stereocenters. The fourth-order valence-corrected chi connectivity index (χ4v) is 19.8. The summed E-state index contributed by atoms with van der Waals surface area (Å²) in [4.78, 5) is 26.6. The highest BCUT2D eigenvalue weighted by Gasteiger charge is 2.72. The van der Waals surface area contributed by atoms with E-state index in [1.165, 1.54) is 40.8 Å². The lowest BCUT2D eigenvalue weighted by Gasteiger charge is -2.72. The van der Waals surface area contributed by atoms with E-state index in [1.54, 1.807) is 14.0 Å². The second kappa shape index (κ2) is 14.4. The Hall–Kier alpha value is -2.97. The molecular formula is C51H68O4P+. The van der Waals surface area contributed by atoms with Gasteiger partial charge in [0.15, 0.2) is 0 Å². The number of allylic oxidation sites excluding steroid dienone is 5. The van der Waals surface area contributed by atoms with Crippen LogP contribution in [0.5, 0.6) is 0 Å². The van der Waals surface area contributed by atoms with Crippen LogP contribution in [0.25, 0.3) is 0 Å². The highest BCUT2D eigenvalue weighted by Crippen LogP contribution is 2.78. The zero-order chi connectivity index (χ0) is 39.7. The van der Waals surface area contributed by atoms with E-state index < -0.39 is 12.7 Å². The third-order valence-electron chi connectivity index (χ3n) is 18.0. The molecule has 5 fully saturated rings. The quantitative estimate of drug-likeness (QED) is 0.152. The molecule has 8 rings (SSSR count). The lowest BCUT2D eigenvalue weighted by Crippen LogP contribution is -2.67. The van der Waals surface area contributed by atoms with E-state index in [0.717, 1.165) is 63.9 Å². The number of carbonyl (C=O) groups excluding carboxylic acids is 2. The third-order valence-corrected chi connectivity index (χ3v) is 22.5. The molecule has 5 saturated carbocycles. The summed E-state index contributed by atoms with van der Waals surface area (Å²) >= 11 is 0. The minimum atomic E-state index is -2.10. The number of fused-ring (bicyclic) bond motifs is 7. The molecule has 0 saturated heterocycles. The van der Waals surface area contributed by atoms with Crippen LogP contribution in [0.2, 0.25) is 0 Å². The number of esters is 2. The number of ether oxygens (including phenoxy) is 2. The molecule has 0 heterocycles. The Kier molecular flexibility index (Phi) is 10.2. The van der Waals surface area contributed by atoms with Crippen LogP contribution >= 0.6 is 7.26 Å². The van der Waals surface area contributed by atoms with Crippen LogP contribution in [0.4, 0.5) is 0 Å². The lowest BCUT2D eigenvalue weighted by atomic mass is 9.32. The van der Waals surface area contributed by atoms with E-state index in [9.17, 15) is 9.59 Å². The molecule has 56 heavy (non-hydrogen) atoms. The van der Waals surface area contributed by atoms with Crippen molar-refractivity contribution in [3.63, 3.8) is 0 Å². The van der Waals surface area contributed by atoms with Crippen molar-refractivity contribution >= 4 is 29.8 Å². The predicted molar refractivity (Wildman–Crippen MR) is 231 cm³/mol. The van der Waals surface area contributed by atoms with Crippen LogP contribution in [-0.2, 0) is 19.1 Å². The van der Waals surface area contributed by atoms with Crippen LogP contribution in [0.1, 0.15) is 119 Å². The summed E-state index contributed by atoms with van der Waals surface area (Å²) in [6.07, 6.45) is 21.1. The zero-order valence-corrected chi connectivity index (χ0v) is 36.3. The summed E-state index contributed by atoms with van der Waals surface area (Å²) in [5.74, 6) is 1.91. The minimum Gasteiger partial charge on any atom is -0.469 e. The van der Waals surface area contributed by atoms with Crippen LogP contribution in [0, 0.1) is 56.7 Å². The van der Waals surface area contributed by atoms with E-state index in [4.69, 9.17) is 16.1 Å². The van der Waals surface area contributed by atoms with Gasteiger partial charge in [-0.25, -0.2) is 0 Å². The van der Waals surface area contributed by atoms with Gasteiger partial charge in [-0.2, -0.15) is 0 Å². The van der Waals surface area contributed by atoms with E-state index in [-0.39, 0.29) is 51.5 Å². The molecular weight excluding hydrogens is 708 g/mol. The molecule has 6 aliphatic carbocycles. The summed E-state index contributed by atoms with van der Waals surface area (Å²) in [6.45, 7) is 19.4. The average Bonchev–Trinajstić information content (AvgIpc) is 3.60. The molecule has 4 nitrogen and oxygen atoms in total. The van der Waals surface area contributed by atoms with Gasteiger partial charge in [0.2, 0.25) is 0 Å². The maximum absolute atomic E-state index is 14.4. The van der Waals surface area contributed by atoms with Crippen molar-refractivity contribution in [2.75, 3.05) is 13.3 Å². The minimum absolute atomic E-state index is 0.0171. The molecule has 0 spiro atoms. The first-order chi connectivity index (χ1) is 26.7. The van der Waals surface area contributed by atoms with Crippen molar-refractivity contribution in [3.8, 4) is 0 Å². The predicted octanol–water partition coefficient (Wildman–Crippen LogP) is 11.6. The molecule has 0 amide bonds. The van der Waals surface area contributed by atoms with Crippen molar-refractivity contribution in [2.45, 2.75) is 125 Å². The first kappa shape index (κ1) is 39.8. The molecule has 6 aliphatic rings. The normalized spacial score (nSPS) is 38.5. The summed E-state index contributed by atoms with van der Waals surface area (Å²) in [7, 11) is -0.473. The van der Waals surface area contributed by atoms with Crippen LogP contribution in [0.15, 0.2) is 96.4 Å². The fraction of sp³-hybridized carbons (Fsp3) is 0.608. The number of methoxy groups -OCH3 is 1. The van der Waals surface area contributed by atoms with Gasteiger partial charge in [0.05, 0.1) is 18.7 Å². The molecule has 0 bridgehead atoms. The highest BCUT2D eigenvalue weighted by molar-refractivity contribution is 7.93. The summed E-state index contributed by atoms with van der Waals surface area (Å²) < 4.78 is 11.9. The Balaban J connectivity index is 1.18. The number of benzene rings is 2. The topological polar surface area (TPSA) is 52.6 Å². The van der Waals surface area contributed by atoms with Crippen molar-refractivity contribution < 1.29 is 19.1 Å². The molecule has 0 N–H and O–H groups in total. The van der Waals surface area contributed by atoms with Crippen molar-refractivity contribution in [2.24, 2.45) is 56.7 Å². The zero-order valence-electron chi connectivity index (χ0n) is 35.4.